The summed E-state index contributed by atoms with van der Waals surface area (Å²) in [6.07, 6.45) is 0. The van der Waals surface area contributed by atoms with E-state index in [1.165, 1.54) is 22.3 Å². The van der Waals surface area contributed by atoms with Crippen molar-refractivity contribution in [1.29, 1.82) is 0 Å². The zero-order valence-corrected chi connectivity index (χ0v) is 12.4. The van der Waals surface area contributed by atoms with Crippen LogP contribution in [0.4, 0.5) is 0 Å². The predicted molar refractivity (Wildman–Crippen MR) is 82.3 cm³/mol. The normalized spacial score (nSPS) is 16.4. The lowest BCUT2D eigenvalue weighted by Crippen LogP contribution is -2.12. The first kappa shape index (κ1) is 13.0. The molecule has 0 aliphatic heterocycles. The van der Waals surface area contributed by atoms with Crippen LogP contribution < -0.4 is 5.73 Å². The summed E-state index contributed by atoms with van der Waals surface area (Å²) in [6, 6.07) is 8.20. The van der Waals surface area contributed by atoms with E-state index in [2.05, 4.69) is 26.0 Å². The minimum atomic E-state index is 0.176. The van der Waals surface area contributed by atoms with Gasteiger partial charge in [-0.1, -0.05) is 40.9 Å². The second-order valence-corrected chi connectivity index (χ2v) is 6.02. The van der Waals surface area contributed by atoms with Gasteiger partial charge in [0, 0.05) is 22.5 Å². The molecule has 3 heteroatoms. The lowest BCUT2D eigenvalue weighted by Gasteiger charge is -2.14. The van der Waals surface area contributed by atoms with Crippen molar-refractivity contribution in [2.24, 2.45) is 5.73 Å². The molecule has 0 bridgehead atoms. The maximum Gasteiger partial charge on any atom is 0.0465 e. The molecular formula is C16H15Cl2N. The van der Waals surface area contributed by atoms with Crippen molar-refractivity contribution in [1.82, 2.24) is 0 Å². The molecule has 0 spiro atoms. The van der Waals surface area contributed by atoms with Crippen LogP contribution >= 0.6 is 23.2 Å². The van der Waals surface area contributed by atoms with Crippen LogP contribution in [0.15, 0.2) is 24.3 Å². The van der Waals surface area contributed by atoms with Crippen LogP contribution in [-0.4, -0.2) is 6.54 Å². The standard InChI is InChI=1S/C16H15Cl2N/c1-8-3-9(2)15-11(4-8)12-5-10(17)6-14(18)16(12)13(15)7-19/h3-6,13H,7,19H2,1-2H3. The molecule has 1 nitrogen and oxygen atoms in total. The molecule has 19 heavy (non-hydrogen) atoms. The second kappa shape index (κ2) is 4.52. The van der Waals surface area contributed by atoms with Gasteiger partial charge in [0.1, 0.15) is 0 Å². The highest BCUT2D eigenvalue weighted by Gasteiger charge is 2.31. The lowest BCUT2D eigenvalue weighted by atomic mass is 9.92. The first-order chi connectivity index (χ1) is 9.02. The number of aryl methyl sites for hydroxylation is 2. The van der Waals surface area contributed by atoms with Crippen molar-refractivity contribution < 1.29 is 0 Å². The fourth-order valence-electron chi connectivity index (χ4n) is 3.21. The van der Waals surface area contributed by atoms with Crippen LogP contribution in [0.5, 0.6) is 0 Å². The highest BCUT2D eigenvalue weighted by molar-refractivity contribution is 6.36. The number of hydrogen-bond acceptors (Lipinski definition) is 1. The molecule has 1 unspecified atom stereocenters. The van der Waals surface area contributed by atoms with E-state index in [4.69, 9.17) is 28.9 Å². The Hall–Kier alpha value is -1.02. The molecule has 0 amide bonds. The molecule has 0 fully saturated rings. The van der Waals surface area contributed by atoms with E-state index < -0.39 is 0 Å². The smallest absolute Gasteiger partial charge is 0.0465 e. The maximum absolute atomic E-state index is 6.39. The Morgan fingerprint density at radius 1 is 1.00 bits per heavy atom. The van der Waals surface area contributed by atoms with Gasteiger partial charge in [-0.3, -0.25) is 0 Å². The van der Waals surface area contributed by atoms with Gasteiger partial charge < -0.3 is 5.73 Å². The molecule has 0 saturated carbocycles. The number of fused-ring (bicyclic) bond motifs is 3. The Morgan fingerprint density at radius 2 is 1.68 bits per heavy atom. The third-order valence-electron chi connectivity index (χ3n) is 3.85. The summed E-state index contributed by atoms with van der Waals surface area (Å²) in [5, 5.41) is 1.39. The molecule has 0 radical (unpaired) electrons. The van der Waals surface area contributed by atoms with Gasteiger partial charge in [0.05, 0.1) is 0 Å². The molecule has 2 aromatic rings. The van der Waals surface area contributed by atoms with E-state index >= 15 is 0 Å². The maximum atomic E-state index is 6.39. The van der Waals surface area contributed by atoms with Gasteiger partial charge in [-0.25, -0.2) is 0 Å². The lowest BCUT2D eigenvalue weighted by molar-refractivity contribution is 0.834. The number of halogens is 2. The second-order valence-electron chi connectivity index (χ2n) is 5.18. The van der Waals surface area contributed by atoms with Crippen molar-refractivity contribution in [2.45, 2.75) is 19.8 Å². The minimum absolute atomic E-state index is 0.176. The average Bonchev–Trinajstić information content (AvgIpc) is 2.63. The summed E-state index contributed by atoms with van der Waals surface area (Å²) >= 11 is 12.5. The van der Waals surface area contributed by atoms with Crippen molar-refractivity contribution in [3.63, 3.8) is 0 Å². The van der Waals surface area contributed by atoms with Crippen LogP contribution in [0.3, 0.4) is 0 Å². The highest BCUT2D eigenvalue weighted by atomic mass is 35.5. The zero-order valence-electron chi connectivity index (χ0n) is 10.9. The van der Waals surface area contributed by atoms with Crippen molar-refractivity contribution in [2.75, 3.05) is 6.54 Å². The van der Waals surface area contributed by atoms with Gasteiger partial charge >= 0.3 is 0 Å². The molecular weight excluding hydrogens is 277 g/mol. The Balaban J connectivity index is 2.39. The van der Waals surface area contributed by atoms with Crippen LogP contribution in [0.25, 0.3) is 11.1 Å². The Labute approximate surface area is 123 Å². The Bertz CT molecular complexity index is 619. The summed E-state index contributed by atoms with van der Waals surface area (Å²) in [6.45, 7) is 4.80. The van der Waals surface area contributed by atoms with E-state index in [-0.39, 0.29) is 5.92 Å². The summed E-state index contributed by atoms with van der Waals surface area (Å²) in [5.74, 6) is 0.176. The molecule has 0 aromatic heterocycles. The van der Waals surface area contributed by atoms with Gasteiger partial charge in [0.2, 0.25) is 0 Å². The van der Waals surface area contributed by atoms with E-state index in [1.54, 1.807) is 6.07 Å². The van der Waals surface area contributed by atoms with Crippen LogP contribution in [0, 0.1) is 13.8 Å². The first-order valence-electron chi connectivity index (χ1n) is 6.33. The third-order valence-corrected chi connectivity index (χ3v) is 4.38. The van der Waals surface area contributed by atoms with Gasteiger partial charge in [0.25, 0.3) is 0 Å². The summed E-state index contributed by atoms with van der Waals surface area (Å²) in [4.78, 5) is 0. The minimum Gasteiger partial charge on any atom is -0.330 e. The predicted octanol–water partition coefficient (Wildman–Crippen LogP) is 4.68. The van der Waals surface area contributed by atoms with Crippen LogP contribution in [0.1, 0.15) is 28.2 Å². The average molecular weight is 292 g/mol. The molecule has 2 aromatic carbocycles. The molecule has 0 heterocycles. The van der Waals surface area contributed by atoms with Crippen molar-refractivity contribution in [3.8, 4) is 11.1 Å². The van der Waals surface area contributed by atoms with Gasteiger partial charge in [-0.05, 0) is 53.8 Å². The molecule has 0 saturated heterocycles. The SMILES string of the molecule is Cc1cc(C)c2c(c1)-c1cc(Cl)cc(Cl)c1C2CN. The van der Waals surface area contributed by atoms with E-state index in [1.807, 2.05) is 6.07 Å². The van der Waals surface area contributed by atoms with Gasteiger partial charge in [-0.15, -0.1) is 0 Å². The van der Waals surface area contributed by atoms with Crippen LogP contribution in [0.2, 0.25) is 10.0 Å². The first-order valence-corrected chi connectivity index (χ1v) is 7.09. The quantitative estimate of drug-likeness (QED) is 0.811. The summed E-state index contributed by atoms with van der Waals surface area (Å²) in [5.41, 5.74) is 13.3. The molecule has 98 valence electrons. The van der Waals surface area contributed by atoms with Crippen molar-refractivity contribution in [3.05, 3.63) is 56.6 Å². The molecule has 1 aliphatic rings. The Morgan fingerprint density at radius 3 is 2.37 bits per heavy atom. The van der Waals surface area contributed by atoms with Gasteiger partial charge in [0.15, 0.2) is 0 Å². The third kappa shape index (κ3) is 1.88. The van der Waals surface area contributed by atoms with Gasteiger partial charge in [-0.2, -0.15) is 0 Å². The summed E-state index contributed by atoms with van der Waals surface area (Å²) in [7, 11) is 0. The molecule has 2 N–H and O–H groups in total. The highest BCUT2D eigenvalue weighted by Crippen LogP contribution is 2.49. The molecule has 3 rings (SSSR count). The molecule has 1 atom stereocenters. The van der Waals surface area contributed by atoms with Crippen molar-refractivity contribution >= 4 is 23.2 Å². The van der Waals surface area contributed by atoms with E-state index in [9.17, 15) is 0 Å². The number of benzene rings is 2. The van der Waals surface area contributed by atoms with Crippen LogP contribution in [-0.2, 0) is 0 Å². The monoisotopic (exact) mass is 291 g/mol. The fraction of sp³-hybridized carbons (Fsp3) is 0.250. The number of hydrogen-bond donors (Lipinski definition) is 1. The molecule has 1 aliphatic carbocycles. The zero-order chi connectivity index (χ0) is 13.7. The summed E-state index contributed by atoms with van der Waals surface area (Å²) < 4.78 is 0. The Kier molecular flexibility index (Phi) is 3.09. The number of rotatable bonds is 1. The van der Waals surface area contributed by atoms with E-state index in [0.717, 1.165) is 11.1 Å². The van der Waals surface area contributed by atoms with E-state index in [0.29, 0.717) is 16.6 Å². The number of nitrogens with two attached hydrogens (primary N) is 1. The topological polar surface area (TPSA) is 26.0 Å². The fourth-order valence-corrected chi connectivity index (χ4v) is 3.83. The largest absolute Gasteiger partial charge is 0.330 e.